The molecule has 0 radical (unpaired) electrons. The molecular formula is C19H15F3N4OS. The first kappa shape index (κ1) is 18.5. The van der Waals surface area contributed by atoms with Gasteiger partial charge in [-0.25, -0.2) is 4.57 Å². The van der Waals surface area contributed by atoms with Crippen LogP contribution in [0.15, 0.2) is 58.5 Å². The highest BCUT2D eigenvalue weighted by Crippen LogP contribution is 2.27. The number of para-hydroxylation sites is 2. The Hall–Kier alpha value is -2.81. The molecule has 0 atom stereocenters. The number of aromatic nitrogens is 4. The Bertz CT molecular complexity index is 1230. The number of benzene rings is 2. The summed E-state index contributed by atoms with van der Waals surface area (Å²) in [6.07, 6.45) is -5.17. The zero-order chi connectivity index (χ0) is 19.9. The van der Waals surface area contributed by atoms with Gasteiger partial charge in [0.15, 0.2) is 5.16 Å². The molecular weight excluding hydrogens is 389 g/mol. The Balaban J connectivity index is 1.97. The highest BCUT2D eigenvalue weighted by atomic mass is 32.2. The molecule has 0 bridgehead atoms. The molecule has 28 heavy (non-hydrogen) atoms. The molecule has 0 unspecified atom stereocenters. The summed E-state index contributed by atoms with van der Waals surface area (Å²) in [5.74, 6) is 0.0924. The van der Waals surface area contributed by atoms with Gasteiger partial charge in [0.2, 0.25) is 5.78 Å². The van der Waals surface area contributed by atoms with Crippen molar-refractivity contribution in [3.05, 3.63) is 64.4 Å². The van der Waals surface area contributed by atoms with Crippen molar-refractivity contribution in [2.24, 2.45) is 0 Å². The van der Waals surface area contributed by atoms with Crippen LogP contribution in [0.4, 0.5) is 13.2 Å². The lowest BCUT2D eigenvalue weighted by Gasteiger charge is -2.13. The minimum atomic E-state index is -4.24. The standard InChI is InChI=1S/C19H15F3N4OS/c1-12-6-2-4-8-14(12)25-16(27)13-7-3-5-9-15(13)26-17(25)23-24-18(26)28-11-10-19(20,21)22/h2-9H,10-11H2,1H3. The van der Waals surface area contributed by atoms with Crippen LogP contribution in [0, 0.1) is 6.92 Å². The number of thioether (sulfide) groups is 1. The summed E-state index contributed by atoms with van der Waals surface area (Å²) in [7, 11) is 0. The van der Waals surface area contributed by atoms with E-state index in [0.717, 1.165) is 17.3 Å². The molecule has 2 heterocycles. The fraction of sp³-hybridized carbons (Fsp3) is 0.211. The van der Waals surface area contributed by atoms with E-state index < -0.39 is 12.6 Å². The second kappa shape index (κ2) is 6.97. The summed E-state index contributed by atoms with van der Waals surface area (Å²) >= 11 is 0.966. The normalized spacial score (nSPS) is 12.1. The molecule has 2 aromatic heterocycles. The van der Waals surface area contributed by atoms with Gasteiger partial charge < -0.3 is 0 Å². The molecule has 0 N–H and O–H groups in total. The molecule has 0 spiro atoms. The summed E-state index contributed by atoms with van der Waals surface area (Å²) < 4.78 is 40.7. The third kappa shape index (κ3) is 3.26. The number of hydrogen-bond donors (Lipinski definition) is 0. The maximum atomic E-state index is 13.2. The summed E-state index contributed by atoms with van der Waals surface area (Å²) in [5, 5.41) is 8.96. The lowest BCUT2D eigenvalue weighted by molar-refractivity contribution is -0.129. The molecule has 0 saturated heterocycles. The Morgan fingerprint density at radius 3 is 2.50 bits per heavy atom. The van der Waals surface area contributed by atoms with Gasteiger partial charge in [-0.1, -0.05) is 42.1 Å². The third-order valence-corrected chi connectivity index (χ3v) is 5.30. The highest BCUT2D eigenvalue weighted by Gasteiger charge is 2.27. The summed E-state index contributed by atoms with van der Waals surface area (Å²) in [4.78, 5) is 13.2. The van der Waals surface area contributed by atoms with Crippen LogP contribution in [-0.4, -0.2) is 31.1 Å². The van der Waals surface area contributed by atoms with Crippen molar-refractivity contribution in [3.63, 3.8) is 0 Å². The van der Waals surface area contributed by atoms with E-state index in [0.29, 0.717) is 21.7 Å². The van der Waals surface area contributed by atoms with Crippen LogP contribution in [-0.2, 0) is 0 Å². The average molecular weight is 404 g/mol. The van der Waals surface area contributed by atoms with Crippen LogP contribution >= 0.6 is 11.8 Å². The molecule has 2 aromatic carbocycles. The van der Waals surface area contributed by atoms with Gasteiger partial charge in [0.05, 0.1) is 23.0 Å². The number of aryl methyl sites for hydroxylation is 1. The van der Waals surface area contributed by atoms with Crippen molar-refractivity contribution < 1.29 is 13.2 Å². The fourth-order valence-corrected chi connectivity index (χ4v) is 3.99. The number of hydrogen-bond acceptors (Lipinski definition) is 4. The predicted molar refractivity (Wildman–Crippen MR) is 102 cm³/mol. The second-order valence-electron chi connectivity index (χ2n) is 6.28. The van der Waals surface area contributed by atoms with E-state index in [1.165, 1.54) is 4.57 Å². The quantitative estimate of drug-likeness (QED) is 0.474. The van der Waals surface area contributed by atoms with E-state index >= 15 is 0 Å². The lowest BCUT2D eigenvalue weighted by Crippen LogP contribution is -2.22. The molecule has 4 rings (SSSR count). The molecule has 0 amide bonds. The monoisotopic (exact) mass is 404 g/mol. The smallest absolute Gasteiger partial charge is 0.268 e. The van der Waals surface area contributed by atoms with Gasteiger partial charge in [-0.05, 0) is 30.7 Å². The largest absolute Gasteiger partial charge is 0.389 e. The van der Waals surface area contributed by atoms with Crippen molar-refractivity contribution in [3.8, 4) is 5.69 Å². The summed E-state index contributed by atoms with van der Waals surface area (Å²) in [6, 6.07) is 14.3. The SMILES string of the molecule is Cc1ccccc1-n1c(=O)c2ccccc2n2c(SCCC(F)(F)F)nnc12. The zero-order valence-electron chi connectivity index (χ0n) is 14.8. The van der Waals surface area contributed by atoms with Crippen molar-refractivity contribution in [1.29, 1.82) is 0 Å². The maximum Gasteiger partial charge on any atom is 0.389 e. The van der Waals surface area contributed by atoms with E-state index in [2.05, 4.69) is 10.2 Å². The van der Waals surface area contributed by atoms with Gasteiger partial charge in [0, 0.05) is 5.75 Å². The minimum Gasteiger partial charge on any atom is -0.268 e. The van der Waals surface area contributed by atoms with Gasteiger partial charge in [-0.3, -0.25) is 9.20 Å². The molecule has 0 aliphatic carbocycles. The van der Waals surface area contributed by atoms with E-state index in [1.54, 1.807) is 34.7 Å². The van der Waals surface area contributed by atoms with E-state index in [9.17, 15) is 18.0 Å². The van der Waals surface area contributed by atoms with Gasteiger partial charge in [-0.2, -0.15) is 13.2 Å². The Morgan fingerprint density at radius 2 is 1.75 bits per heavy atom. The molecule has 144 valence electrons. The first-order valence-electron chi connectivity index (χ1n) is 8.51. The topological polar surface area (TPSA) is 52.2 Å². The number of rotatable bonds is 4. The van der Waals surface area contributed by atoms with E-state index in [4.69, 9.17) is 0 Å². The van der Waals surface area contributed by atoms with Gasteiger partial charge in [0.25, 0.3) is 5.56 Å². The van der Waals surface area contributed by atoms with Gasteiger partial charge in [-0.15, -0.1) is 10.2 Å². The predicted octanol–water partition coefficient (Wildman–Crippen LogP) is 4.39. The van der Waals surface area contributed by atoms with Gasteiger partial charge in [0.1, 0.15) is 0 Å². The van der Waals surface area contributed by atoms with Crippen LogP contribution in [0.5, 0.6) is 0 Å². The van der Waals surface area contributed by atoms with Crippen LogP contribution in [0.2, 0.25) is 0 Å². The Kier molecular flexibility index (Phi) is 4.62. The number of alkyl halides is 3. The lowest BCUT2D eigenvalue weighted by atomic mass is 10.2. The maximum absolute atomic E-state index is 13.2. The molecule has 4 aromatic rings. The summed E-state index contributed by atoms with van der Waals surface area (Å²) in [6.45, 7) is 1.88. The van der Waals surface area contributed by atoms with E-state index in [1.807, 2.05) is 25.1 Å². The molecule has 9 heteroatoms. The highest BCUT2D eigenvalue weighted by molar-refractivity contribution is 7.99. The summed E-state index contributed by atoms with van der Waals surface area (Å²) in [5.41, 5.74) is 1.84. The Morgan fingerprint density at radius 1 is 1.04 bits per heavy atom. The molecule has 0 aliphatic heterocycles. The molecule has 0 saturated carbocycles. The van der Waals surface area contributed by atoms with Crippen molar-refractivity contribution in [2.75, 3.05) is 5.75 Å². The van der Waals surface area contributed by atoms with Crippen molar-refractivity contribution in [2.45, 2.75) is 24.7 Å². The minimum absolute atomic E-state index is 0.178. The third-order valence-electron chi connectivity index (χ3n) is 4.37. The first-order chi connectivity index (χ1) is 13.4. The first-order valence-corrected chi connectivity index (χ1v) is 9.50. The van der Waals surface area contributed by atoms with Crippen molar-refractivity contribution in [1.82, 2.24) is 19.2 Å². The van der Waals surface area contributed by atoms with Crippen LogP contribution in [0.3, 0.4) is 0 Å². The molecule has 5 nitrogen and oxygen atoms in total. The average Bonchev–Trinajstić information content (AvgIpc) is 3.06. The molecule has 0 fully saturated rings. The number of fused-ring (bicyclic) bond motifs is 3. The van der Waals surface area contributed by atoms with Crippen LogP contribution < -0.4 is 5.56 Å². The van der Waals surface area contributed by atoms with Gasteiger partial charge >= 0.3 is 6.18 Å². The fourth-order valence-electron chi connectivity index (χ4n) is 3.06. The number of halogens is 3. The van der Waals surface area contributed by atoms with E-state index in [-0.39, 0.29) is 17.1 Å². The molecule has 0 aliphatic rings. The Labute approximate surface area is 161 Å². The second-order valence-corrected chi connectivity index (χ2v) is 7.34. The van der Waals surface area contributed by atoms with Crippen LogP contribution in [0.25, 0.3) is 22.4 Å². The zero-order valence-corrected chi connectivity index (χ0v) is 15.6. The van der Waals surface area contributed by atoms with Crippen molar-refractivity contribution >= 4 is 28.4 Å². The van der Waals surface area contributed by atoms with Crippen LogP contribution in [0.1, 0.15) is 12.0 Å². The number of nitrogens with zero attached hydrogens (tertiary/aromatic N) is 4.